The third-order valence-electron chi connectivity index (χ3n) is 7.98. The molecule has 0 aliphatic heterocycles. The first-order valence-electron chi connectivity index (χ1n) is 8.99. The molecule has 0 amide bonds. The van der Waals surface area contributed by atoms with E-state index in [2.05, 4.69) is 13.8 Å². The van der Waals surface area contributed by atoms with Gasteiger partial charge in [0.1, 0.15) is 0 Å². The van der Waals surface area contributed by atoms with Gasteiger partial charge in [0.05, 0.1) is 10.6 Å². The molecule has 6 unspecified atom stereocenters. The van der Waals surface area contributed by atoms with Gasteiger partial charge < -0.3 is 5.11 Å². The van der Waals surface area contributed by atoms with Crippen LogP contribution in [-0.2, 0) is 4.79 Å². The van der Waals surface area contributed by atoms with E-state index in [9.17, 15) is 9.90 Å². The van der Waals surface area contributed by atoms with Gasteiger partial charge >= 0.3 is 0 Å². The van der Waals surface area contributed by atoms with E-state index in [0.717, 1.165) is 38.0 Å². The van der Waals surface area contributed by atoms with Gasteiger partial charge in [-0.05, 0) is 86.5 Å². The molecule has 4 rings (SSSR count). The summed E-state index contributed by atoms with van der Waals surface area (Å²) in [4.78, 5) is 11.9. The minimum atomic E-state index is -0.501. The van der Waals surface area contributed by atoms with Gasteiger partial charge in [-0.15, -0.1) is 0 Å². The first-order valence-corrected chi connectivity index (χ1v) is 9.37. The second kappa shape index (κ2) is 4.83. The summed E-state index contributed by atoms with van der Waals surface area (Å²) in [5.74, 6) is 2.77. The number of fused-ring (bicyclic) bond motifs is 5. The number of ketones is 1. The largest absolute Gasteiger partial charge is 0.390 e. The van der Waals surface area contributed by atoms with Crippen LogP contribution in [0.1, 0.15) is 65.2 Å². The maximum Gasteiger partial charge on any atom is 0.174 e. The Morgan fingerprint density at radius 3 is 2.59 bits per heavy atom. The molecule has 0 aromatic rings. The predicted molar refractivity (Wildman–Crippen MR) is 87.5 cm³/mol. The van der Waals surface area contributed by atoms with Crippen molar-refractivity contribution in [3.8, 4) is 0 Å². The van der Waals surface area contributed by atoms with Crippen molar-refractivity contribution in [1.29, 1.82) is 0 Å². The van der Waals surface area contributed by atoms with Crippen LogP contribution >= 0.6 is 11.6 Å². The molecule has 3 fully saturated rings. The Kier molecular flexibility index (Phi) is 3.34. The number of hydrogen-bond donors (Lipinski definition) is 1. The number of halogens is 1. The minimum absolute atomic E-state index is 0.0870. The maximum atomic E-state index is 11.9. The smallest absolute Gasteiger partial charge is 0.174 e. The summed E-state index contributed by atoms with van der Waals surface area (Å²) < 4.78 is 0. The Labute approximate surface area is 138 Å². The zero-order chi connectivity index (χ0) is 15.7. The Morgan fingerprint density at radius 1 is 1.05 bits per heavy atom. The number of Topliss-reactive ketones (excluding diaryl/α,β-unsaturated/α-hetero) is 1. The lowest BCUT2D eigenvalue weighted by Crippen LogP contribution is -2.51. The first kappa shape index (κ1) is 15.2. The number of aliphatic hydroxyl groups is 1. The second-order valence-corrected chi connectivity index (χ2v) is 9.03. The number of allylic oxidation sites excluding steroid dienone is 1. The van der Waals surface area contributed by atoms with Crippen molar-refractivity contribution in [3.63, 3.8) is 0 Å². The van der Waals surface area contributed by atoms with Gasteiger partial charge in [0.2, 0.25) is 0 Å². The average molecular weight is 323 g/mol. The molecule has 2 nitrogen and oxygen atoms in total. The van der Waals surface area contributed by atoms with Gasteiger partial charge in [-0.2, -0.15) is 0 Å². The van der Waals surface area contributed by atoms with Crippen LogP contribution in [0.15, 0.2) is 10.6 Å². The molecule has 0 heterocycles. The van der Waals surface area contributed by atoms with Crippen molar-refractivity contribution in [2.24, 2.45) is 29.1 Å². The predicted octanol–water partition coefficient (Wildman–Crippen LogP) is 4.45. The van der Waals surface area contributed by atoms with Gasteiger partial charge in [0.15, 0.2) is 5.78 Å². The van der Waals surface area contributed by atoms with Gasteiger partial charge in [-0.3, -0.25) is 4.79 Å². The second-order valence-electron chi connectivity index (χ2n) is 8.65. The molecule has 0 bridgehead atoms. The van der Waals surface area contributed by atoms with Crippen LogP contribution in [0.3, 0.4) is 0 Å². The quantitative estimate of drug-likeness (QED) is 0.715. The van der Waals surface area contributed by atoms with Gasteiger partial charge in [-0.25, -0.2) is 0 Å². The monoisotopic (exact) mass is 322 g/mol. The van der Waals surface area contributed by atoms with E-state index in [1.54, 1.807) is 0 Å². The van der Waals surface area contributed by atoms with Crippen LogP contribution < -0.4 is 0 Å². The van der Waals surface area contributed by atoms with Crippen molar-refractivity contribution < 1.29 is 9.90 Å². The van der Waals surface area contributed by atoms with Crippen molar-refractivity contribution in [2.75, 3.05) is 0 Å². The fourth-order valence-corrected chi connectivity index (χ4v) is 6.81. The molecule has 4 aliphatic carbocycles. The molecule has 22 heavy (non-hydrogen) atoms. The van der Waals surface area contributed by atoms with E-state index in [4.69, 9.17) is 11.6 Å². The molecule has 122 valence electrons. The van der Waals surface area contributed by atoms with Gasteiger partial charge in [-0.1, -0.05) is 18.5 Å². The van der Waals surface area contributed by atoms with Crippen LogP contribution in [0, 0.1) is 29.1 Å². The molecule has 3 saturated carbocycles. The Balaban J connectivity index is 1.67. The van der Waals surface area contributed by atoms with E-state index < -0.39 is 5.60 Å². The summed E-state index contributed by atoms with van der Waals surface area (Å²) >= 11 is 6.35. The molecular formula is C19H27ClO2. The Bertz CT molecular complexity index is 550. The lowest BCUT2D eigenvalue weighted by molar-refractivity contribution is -0.118. The van der Waals surface area contributed by atoms with Crippen molar-refractivity contribution in [3.05, 3.63) is 10.6 Å². The van der Waals surface area contributed by atoms with E-state index in [1.807, 2.05) is 0 Å². The molecule has 1 N–H and O–H groups in total. The van der Waals surface area contributed by atoms with Crippen molar-refractivity contribution in [2.45, 2.75) is 70.8 Å². The molecule has 0 aromatic heterocycles. The summed E-state index contributed by atoms with van der Waals surface area (Å²) in [6.45, 7) is 4.38. The molecule has 4 aliphatic rings. The van der Waals surface area contributed by atoms with Crippen molar-refractivity contribution >= 4 is 17.4 Å². The fraction of sp³-hybridized carbons (Fsp3) is 0.842. The van der Waals surface area contributed by atoms with Crippen LogP contribution in [-0.4, -0.2) is 16.5 Å². The zero-order valence-electron chi connectivity index (χ0n) is 13.7. The Hall–Kier alpha value is -0.340. The van der Waals surface area contributed by atoms with Crippen molar-refractivity contribution in [1.82, 2.24) is 0 Å². The van der Waals surface area contributed by atoms with Gasteiger partial charge in [0, 0.05) is 6.42 Å². The average Bonchev–Trinajstić information content (AvgIpc) is 2.73. The summed E-state index contributed by atoms with van der Waals surface area (Å²) in [6.07, 6.45) is 8.25. The Morgan fingerprint density at radius 2 is 1.82 bits per heavy atom. The molecular weight excluding hydrogens is 296 g/mol. The summed E-state index contributed by atoms with van der Waals surface area (Å²) in [7, 11) is 0. The third kappa shape index (κ3) is 1.86. The van der Waals surface area contributed by atoms with E-state index >= 15 is 0 Å². The number of carbonyl (C=O) groups excluding carboxylic acids is 1. The van der Waals surface area contributed by atoms with Crippen LogP contribution in [0.4, 0.5) is 0 Å². The normalized spacial score (nSPS) is 51.4. The minimum Gasteiger partial charge on any atom is -0.390 e. The number of carbonyl (C=O) groups is 1. The van der Waals surface area contributed by atoms with E-state index in [1.165, 1.54) is 18.4 Å². The lowest BCUT2D eigenvalue weighted by Gasteiger charge is -2.55. The zero-order valence-corrected chi connectivity index (χ0v) is 14.5. The third-order valence-corrected chi connectivity index (χ3v) is 8.43. The summed E-state index contributed by atoms with van der Waals surface area (Å²) in [6, 6.07) is 0. The first-order chi connectivity index (χ1) is 10.3. The number of rotatable bonds is 0. The molecule has 0 spiro atoms. The highest BCUT2D eigenvalue weighted by Crippen LogP contribution is 2.65. The highest BCUT2D eigenvalue weighted by molar-refractivity contribution is 6.43. The number of hydrogen-bond acceptors (Lipinski definition) is 2. The summed E-state index contributed by atoms with van der Waals surface area (Å²) in [5, 5.41) is 11.4. The standard InChI is InChI=1S/C19H27ClO2/c1-18-9-7-12-11-5-6-16(21)17(20)14(11)4-3-13(12)15(18)8-10-19(18,2)22/h11-13,15,22H,3-10H2,1-2H3. The molecule has 3 heteroatoms. The lowest BCUT2D eigenvalue weighted by atomic mass is 9.51. The van der Waals surface area contributed by atoms with Gasteiger partial charge in [0.25, 0.3) is 0 Å². The maximum absolute atomic E-state index is 11.9. The summed E-state index contributed by atoms with van der Waals surface area (Å²) in [5.41, 5.74) is 0.857. The highest BCUT2D eigenvalue weighted by Gasteiger charge is 2.60. The highest BCUT2D eigenvalue weighted by atomic mass is 35.5. The molecule has 0 aromatic carbocycles. The van der Waals surface area contributed by atoms with Crippen LogP contribution in [0.2, 0.25) is 0 Å². The molecule has 6 atom stereocenters. The fourth-order valence-electron chi connectivity index (χ4n) is 6.48. The van der Waals surface area contributed by atoms with E-state index in [-0.39, 0.29) is 11.2 Å². The van der Waals surface area contributed by atoms with Crippen LogP contribution in [0.25, 0.3) is 0 Å². The van der Waals surface area contributed by atoms with Crippen LogP contribution in [0.5, 0.6) is 0 Å². The molecule has 0 saturated heterocycles. The molecule has 0 radical (unpaired) electrons. The van der Waals surface area contributed by atoms with E-state index in [0.29, 0.717) is 29.2 Å². The SMILES string of the molecule is CC1(O)CCC2C3CCC4=C(Cl)C(=O)CCC4C3CCC21C. The topological polar surface area (TPSA) is 37.3 Å².